The molecule has 202 valence electrons. The van der Waals surface area contributed by atoms with Gasteiger partial charge < -0.3 is 25.0 Å². The van der Waals surface area contributed by atoms with Gasteiger partial charge in [0, 0.05) is 29.8 Å². The first-order valence-corrected chi connectivity index (χ1v) is 14.4. The van der Waals surface area contributed by atoms with Gasteiger partial charge in [0.25, 0.3) is 0 Å². The molecule has 0 spiro atoms. The number of carboxylic acid groups (broad SMARTS) is 1. The zero-order valence-corrected chi connectivity index (χ0v) is 22.6. The summed E-state index contributed by atoms with van der Waals surface area (Å²) in [6, 6.07) is 23.0. The highest BCUT2D eigenvalue weighted by atomic mass is 32.2. The lowest BCUT2D eigenvalue weighted by molar-refractivity contribution is -0.245. The van der Waals surface area contributed by atoms with Gasteiger partial charge in [0.1, 0.15) is 0 Å². The molecule has 0 radical (unpaired) electrons. The molecule has 3 N–H and O–H groups in total. The monoisotopic (exact) mass is 564 g/mol. The Kier molecular flexibility index (Phi) is 8.90. The third-order valence-corrected chi connectivity index (χ3v) is 8.63. The van der Waals surface area contributed by atoms with Crippen molar-refractivity contribution in [1.29, 1.82) is 0 Å². The van der Waals surface area contributed by atoms with Crippen molar-refractivity contribution in [2.75, 3.05) is 11.1 Å². The lowest BCUT2D eigenvalue weighted by Crippen LogP contribution is -2.31. The van der Waals surface area contributed by atoms with Gasteiger partial charge in [-0.15, -0.1) is 11.3 Å². The number of benzene rings is 3. The highest BCUT2D eigenvalue weighted by Gasteiger charge is 2.32. The molecule has 1 aliphatic heterocycles. The van der Waals surface area contributed by atoms with Crippen LogP contribution in [0, 0.1) is 0 Å². The number of nitrogens with one attached hydrogen (secondary N) is 1. The van der Waals surface area contributed by atoms with Crippen molar-refractivity contribution in [2.24, 2.45) is 0 Å². The first kappa shape index (κ1) is 27.3. The maximum Gasteiger partial charge on any atom is 0.303 e. The number of nitrogens with zero attached hydrogens (tertiary/aromatic N) is 1. The van der Waals surface area contributed by atoms with Crippen LogP contribution in [-0.2, 0) is 25.7 Å². The molecular formula is C29H28N2O6S2. The fraction of sp³-hybridized carbons (Fsp3) is 0.276. The van der Waals surface area contributed by atoms with Gasteiger partial charge in [-0.25, -0.2) is 4.98 Å². The van der Waals surface area contributed by atoms with Gasteiger partial charge in [0.2, 0.25) is 5.91 Å². The Morgan fingerprint density at radius 1 is 0.974 bits per heavy atom. The molecule has 4 aromatic rings. The number of amides is 1. The zero-order valence-electron chi connectivity index (χ0n) is 21.0. The number of aliphatic carboxylic acids is 1. The number of fused-ring (bicyclic) bond motifs is 1. The molecule has 10 heteroatoms. The number of thiazole rings is 1. The van der Waals surface area contributed by atoms with E-state index in [0.717, 1.165) is 31.2 Å². The summed E-state index contributed by atoms with van der Waals surface area (Å²) in [6.07, 6.45) is -0.544. The highest BCUT2D eigenvalue weighted by molar-refractivity contribution is 8.01. The summed E-state index contributed by atoms with van der Waals surface area (Å²) in [7, 11) is 0. The van der Waals surface area contributed by atoms with E-state index in [2.05, 4.69) is 11.4 Å². The Balaban J connectivity index is 1.29. The Morgan fingerprint density at radius 2 is 1.72 bits per heavy atom. The number of aliphatic hydroxyl groups excluding tert-OH is 1. The molecule has 1 aliphatic rings. The lowest BCUT2D eigenvalue weighted by atomic mass is 10.0. The fourth-order valence-electron chi connectivity index (χ4n) is 4.27. The number of carbonyl (C=O) groups excluding carboxylic acids is 1. The first-order chi connectivity index (χ1) is 19.0. The molecule has 1 amide bonds. The number of thioether (sulfide) groups is 1. The molecule has 1 fully saturated rings. The molecule has 3 unspecified atom stereocenters. The number of hydrogen-bond acceptors (Lipinski definition) is 8. The van der Waals surface area contributed by atoms with Crippen molar-refractivity contribution >= 4 is 50.9 Å². The van der Waals surface area contributed by atoms with Crippen LogP contribution in [0.3, 0.4) is 0 Å². The van der Waals surface area contributed by atoms with E-state index in [1.54, 1.807) is 35.2 Å². The molecule has 5 rings (SSSR count). The van der Waals surface area contributed by atoms with Crippen LogP contribution in [0.4, 0.5) is 5.69 Å². The number of para-hydroxylation sites is 1. The predicted octanol–water partition coefficient (Wildman–Crippen LogP) is 5.93. The van der Waals surface area contributed by atoms with Crippen LogP contribution in [0.25, 0.3) is 10.2 Å². The number of hydrogen-bond donors (Lipinski definition) is 3. The van der Waals surface area contributed by atoms with Crippen molar-refractivity contribution in [2.45, 2.75) is 48.7 Å². The smallest absolute Gasteiger partial charge is 0.303 e. The number of anilines is 1. The van der Waals surface area contributed by atoms with Crippen LogP contribution in [0.5, 0.6) is 0 Å². The third kappa shape index (κ3) is 7.23. The number of ether oxygens (including phenoxy) is 2. The van der Waals surface area contributed by atoms with E-state index in [9.17, 15) is 14.7 Å². The van der Waals surface area contributed by atoms with E-state index in [0.29, 0.717) is 17.9 Å². The van der Waals surface area contributed by atoms with E-state index < -0.39 is 12.3 Å². The van der Waals surface area contributed by atoms with Crippen LogP contribution in [0.2, 0.25) is 0 Å². The first-order valence-electron chi connectivity index (χ1n) is 12.6. The molecule has 3 aromatic carbocycles. The Labute approximate surface area is 234 Å². The number of aliphatic hydroxyl groups is 1. The minimum atomic E-state index is -1.01. The van der Waals surface area contributed by atoms with E-state index in [4.69, 9.17) is 19.6 Å². The topological polar surface area (TPSA) is 118 Å². The fourth-order valence-corrected chi connectivity index (χ4v) is 6.38. The average molecular weight is 565 g/mol. The molecular weight excluding hydrogens is 536 g/mol. The maximum atomic E-state index is 12.0. The van der Waals surface area contributed by atoms with Crippen molar-refractivity contribution < 1.29 is 29.3 Å². The molecule has 0 aliphatic carbocycles. The highest BCUT2D eigenvalue weighted by Crippen LogP contribution is 2.40. The Morgan fingerprint density at radius 3 is 2.44 bits per heavy atom. The molecule has 1 aromatic heterocycles. The summed E-state index contributed by atoms with van der Waals surface area (Å²) in [5.41, 5.74) is 4.23. The van der Waals surface area contributed by atoms with Gasteiger partial charge in [0.05, 0.1) is 35.5 Å². The standard InChI is InChI=1S/C29H28N2O6S2/c32-16-18-5-7-19(8-6-18)24-15-22(17-38-29-31-23-3-1-2-4-25(23)39-29)36-28(37-24)20-9-11-21(12-10-20)30-26(33)13-14-27(34)35/h1-12,22,24,28,32H,13-17H2,(H,30,33)(H,34,35). The van der Waals surface area contributed by atoms with Crippen molar-refractivity contribution in [1.82, 2.24) is 4.98 Å². The second-order valence-electron chi connectivity index (χ2n) is 9.17. The van der Waals surface area contributed by atoms with Crippen LogP contribution in [0.15, 0.2) is 77.1 Å². The van der Waals surface area contributed by atoms with Gasteiger partial charge >= 0.3 is 5.97 Å². The molecule has 0 saturated carbocycles. The SMILES string of the molecule is O=C(O)CCC(=O)Nc1ccc(C2OC(CSc3nc4ccccc4s3)CC(c3ccc(CO)cc3)O2)cc1. The lowest BCUT2D eigenvalue weighted by Gasteiger charge is -2.36. The van der Waals surface area contributed by atoms with E-state index in [1.165, 1.54) is 0 Å². The van der Waals surface area contributed by atoms with Crippen molar-refractivity contribution in [3.05, 3.63) is 89.5 Å². The van der Waals surface area contributed by atoms with Gasteiger partial charge in [-0.1, -0.05) is 60.3 Å². The third-order valence-electron chi connectivity index (χ3n) is 6.31. The summed E-state index contributed by atoms with van der Waals surface area (Å²) in [5.74, 6) is -0.653. The summed E-state index contributed by atoms with van der Waals surface area (Å²) >= 11 is 3.34. The van der Waals surface area contributed by atoms with Crippen LogP contribution < -0.4 is 5.32 Å². The van der Waals surface area contributed by atoms with E-state index in [1.807, 2.05) is 54.6 Å². The quantitative estimate of drug-likeness (QED) is 0.203. The maximum absolute atomic E-state index is 12.0. The number of carbonyl (C=O) groups is 2. The Hall–Kier alpha value is -3.28. The molecule has 2 heterocycles. The molecule has 3 atom stereocenters. The second-order valence-corrected chi connectivity index (χ2v) is 11.5. The average Bonchev–Trinajstić information content (AvgIpc) is 3.38. The summed E-state index contributed by atoms with van der Waals surface area (Å²) < 4.78 is 14.9. The normalized spacial score (nSPS) is 19.2. The van der Waals surface area contributed by atoms with Crippen molar-refractivity contribution in [3.63, 3.8) is 0 Å². The molecule has 1 saturated heterocycles. The Bertz CT molecular complexity index is 1390. The van der Waals surface area contributed by atoms with Gasteiger partial charge in [-0.2, -0.15) is 0 Å². The molecule has 8 nitrogen and oxygen atoms in total. The predicted molar refractivity (Wildman–Crippen MR) is 151 cm³/mol. The number of aromatic nitrogens is 1. The minimum Gasteiger partial charge on any atom is -0.481 e. The van der Waals surface area contributed by atoms with Crippen LogP contribution in [0.1, 0.15) is 48.3 Å². The van der Waals surface area contributed by atoms with E-state index >= 15 is 0 Å². The van der Waals surface area contributed by atoms with Gasteiger partial charge in [0.15, 0.2) is 10.6 Å². The molecule has 39 heavy (non-hydrogen) atoms. The number of rotatable bonds is 10. The second kappa shape index (κ2) is 12.7. The van der Waals surface area contributed by atoms with Crippen molar-refractivity contribution in [3.8, 4) is 0 Å². The molecule has 0 bridgehead atoms. The minimum absolute atomic E-state index is 0.0157. The van der Waals surface area contributed by atoms with Crippen LogP contribution in [-0.4, -0.2) is 38.9 Å². The largest absolute Gasteiger partial charge is 0.481 e. The van der Waals surface area contributed by atoms with Crippen LogP contribution >= 0.6 is 23.1 Å². The summed E-state index contributed by atoms with van der Waals surface area (Å²) in [5, 5.41) is 20.9. The van der Waals surface area contributed by atoms with E-state index in [-0.39, 0.29) is 37.6 Å². The van der Waals surface area contributed by atoms with Gasteiger partial charge in [-0.05, 0) is 35.4 Å². The number of carboxylic acids is 1. The van der Waals surface area contributed by atoms with Gasteiger partial charge in [-0.3, -0.25) is 9.59 Å². The summed E-state index contributed by atoms with van der Waals surface area (Å²) in [4.78, 5) is 27.4. The summed E-state index contributed by atoms with van der Waals surface area (Å²) in [6.45, 7) is -0.0157. The zero-order chi connectivity index (χ0) is 27.2.